The third kappa shape index (κ3) is 3.22. The summed E-state index contributed by atoms with van der Waals surface area (Å²) >= 11 is 0. The van der Waals surface area contributed by atoms with Gasteiger partial charge in [-0.1, -0.05) is 68.4 Å². The highest BCUT2D eigenvalue weighted by Gasteiger charge is 2.44. The first-order valence-corrected chi connectivity index (χ1v) is 8.95. The zero-order valence-electron chi connectivity index (χ0n) is 15.3. The van der Waals surface area contributed by atoms with Crippen molar-refractivity contribution in [3.63, 3.8) is 0 Å². The van der Waals surface area contributed by atoms with E-state index in [1.165, 1.54) is 6.07 Å². The Labute approximate surface area is 158 Å². The molecule has 0 saturated carbocycles. The van der Waals surface area contributed by atoms with Gasteiger partial charge in [0.1, 0.15) is 0 Å². The van der Waals surface area contributed by atoms with Gasteiger partial charge in [-0.3, -0.25) is 10.1 Å². The van der Waals surface area contributed by atoms with Crippen molar-refractivity contribution in [3.05, 3.63) is 82.4 Å². The summed E-state index contributed by atoms with van der Waals surface area (Å²) in [6.07, 6.45) is -0.447. The second-order valence-corrected chi connectivity index (χ2v) is 7.53. The molecule has 1 aliphatic heterocycles. The summed E-state index contributed by atoms with van der Waals surface area (Å²) in [5, 5.41) is 13.7. The van der Waals surface area contributed by atoms with E-state index < -0.39 is 18.6 Å². The van der Waals surface area contributed by atoms with Crippen molar-refractivity contribution in [2.24, 2.45) is 5.41 Å². The van der Waals surface area contributed by atoms with Gasteiger partial charge in [-0.15, -0.1) is 0 Å². The van der Waals surface area contributed by atoms with Crippen LogP contribution in [-0.2, 0) is 9.31 Å². The summed E-state index contributed by atoms with van der Waals surface area (Å²) in [6.45, 7) is 4.46. The van der Waals surface area contributed by atoms with E-state index in [1.54, 1.807) is 12.1 Å². The van der Waals surface area contributed by atoms with Crippen LogP contribution in [0.5, 0.6) is 0 Å². The van der Waals surface area contributed by atoms with E-state index in [4.69, 9.17) is 9.31 Å². The van der Waals surface area contributed by atoms with E-state index in [9.17, 15) is 10.1 Å². The Morgan fingerprint density at radius 1 is 1.04 bits per heavy atom. The molecule has 3 aromatic carbocycles. The first kappa shape index (κ1) is 17.7. The highest BCUT2D eigenvalue weighted by atomic mass is 16.6. The zero-order chi connectivity index (χ0) is 19.0. The first-order chi connectivity index (χ1) is 13.0. The third-order valence-corrected chi connectivity index (χ3v) is 5.07. The van der Waals surface area contributed by atoms with Gasteiger partial charge in [0.2, 0.25) is 0 Å². The Balaban J connectivity index is 1.76. The van der Waals surface area contributed by atoms with Gasteiger partial charge < -0.3 is 9.31 Å². The quantitative estimate of drug-likeness (QED) is 0.397. The van der Waals surface area contributed by atoms with Crippen LogP contribution in [0.15, 0.2) is 66.7 Å². The number of para-hydroxylation sites is 1. The molecule has 0 amide bonds. The molecule has 1 saturated heterocycles. The summed E-state index contributed by atoms with van der Waals surface area (Å²) < 4.78 is 12.4. The van der Waals surface area contributed by atoms with Crippen LogP contribution in [0, 0.1) is 15.5 Å². The van der Waals surface area contributed by atoms with Gasteiger partial charge in [-0.25, -0.2) is 0 Å². The Morgan fingerprint density at radius 3 is 2.56 bits per heavy atom. The number of rotatable bonds is 3. The van der Waals surface area contributed by atoms with Gasteiger partial charge in [-0.2, -0.15) is 0 Å². The fourth-order valence-electron chi connectivity index (χ4n) is 3.70. The van der Waals surface area contributed by atoms with Crippen LogP contribution in [0.2, 0.25) is 0 Å². The van der Waals surface area contributed by atoms with E-state index in [1.807, 2.05) is 62.4 Å². The third-order valence-electron chi connectivity index (χ3n) is 5.07. The molecule has 0 spiro atoms. The number of hydrogen-bond acceptors (Lipinski definition) is 4. The maximum absolute atomic E-state index is 11.5. The Bertz CT molecular complexity index is 999. The average Bonchev–Trinajstić information content (AvgIpc) is 2.67. The van der Waals surface area contributed by atoms with Gasteiger partial charge >= 0.3 is 7.12 Å². The fourth-order valence-corrected chi connectivity index (χ4v) is 3.70. The molecule has 5 nitrogen and oxygen atoms in total. The molecular formula is C21H20BNO4. The summed E-state index contributed by atoms with van der Waals surface area (Å²) in [6, 6.07) is 20.9. The largest absolute Gasteiger partial charge is 0.495 e. The minimum Gasteiger partial charge on any atom is -0.407 e. The van der Waals surface area contributed by atoms with Crippen LogP contribution in [0.1, 0.15) is 25.5 Å². The predicted molar refractivity (Wildman–Crippen MR) is 106 cm³/mol. The second kappa shape index (κ2) is 6.80. The minimum atomic E-state index is -0.575. The Hall–Kier alpha value is -2.70. The van der Waals surface area contributed by atoms with Crippen molar-refractivity contribution >= 4 is 29.0 Å². The maximum Gasteiger partial charge on any atom is 0.495 e. The van der Waals surface area contributed by atoms with Gasteiger partial charge in [-0.05, 0) is 22.3 Å². The van der Waals surface area contributed by atoms with E-state index in [0.29, 0.717) is 12.2 Å². The number of nitro groups is 1. The molecule has 3 aromatic rings. The molecule has 4 rings (SSSR count). The molecule has 1 fully saturated rings. The van der Waals surface area contributed by atoms with Gasteiger partial charge in [0, 0.05) is 18.1 Å². The summed E-state index contributed by atoms with van der Waals surface area (Å²) in [5.74, 6) is 0. The second-order valence-electron chi connectivity index (χ2n) is 7.53. The van der Waals surface area contributed by atoms with Crippen LogP contribution in [-0.4, -0.2) is 18.6 Å². The highest BCUT2D eigenvalue weighted by Crippen LogP contribution is 2.43. The van der Waals surface area contributed by atoms with E-state index >= 15 is 0 Å². The number of nitro benzene ring substituents is 1. The van der Waals surface area contributed by atoms with Crippen molar-refractivity contribution < 1.29 is 14.2 Å². The molecule has 0 radical (unpaired) electrons. The molecule has 1 heterocycles. The molecule has 1 atom stereocenters. The molecule has 1 unspecified atom stereocenters. The summed E-state index contributed by atoms with van der Waals surface area (Å²) in [4.78, 5) is 11.2. The van der Waals surface area contributed by atoms with Crippen LogP contribution < -0.4 is 5.46 Å². The van der Waals surface area contributed by atoms with Gasteiger partial charge in [0.15, 0.2) is 0 Å². The maximum atomic E-state index is 11.5. The molecule has 0 aromatic heterocycles. The normalized spacial score (nSPS) is 19.2. The molecule has 0 N–H and O–H groups in total. The molecule has 136 valence electrons. The molecule has 0 bridgehead atoms. The standard InChI is InChI=1S/C21H20BNO4/c1-21(2)14-26-22(18-12-7-9-15-8-3-4-10-16(15)18)27-20(21)17-11-5-6-13-19(17)23(24)25/h3-13,20H,14H2,1-2H3. The lowest BCUT2D eigenvalue weighted by Crippen LogP contribution is -2.49. The smallest absolute Gasteiger partial charge is 0.407 e. The number of nitrogens with zero attached hydrogens (tertiary/aromatic N) is 1. The number of benzene rings is 3. The zero-order valence-corrected chi connectivity index (χ0v) is 15.3. The van der Waals surface area contributed by atoms with Gasteiger partial charge in [0.05, 0.1) is 16.6 Å². The SMILES string of the molecule is CC1(C)COB(c2cccc3ccccc23)OC1c1ccccc1[N+](=O)[O-]. The summed E-state index contributed by atoms with van der Waals surface area (Å²) in [7, 11) is -0.575. The predicted octanol–water partition coefficient (Wildman–Crippen LogP) is 4.26. The van der Waals surface area contributed by atoms with Gasteiger partial charge in [0.25, 0.3) is 5.69 Å². The topological polar surface area (TPSA) is 61.6 Å². The lowest BCUT2D eigenvalue weighted by Gasteiger charge is -2.41. The lowest BCUT2D eigenvalue weighted by atomic mass is 9.70. The van der Waals surface area contributed by atoms with Crippen molar-refractivity contribution in [2.75, 3.05) is 6.61 Å². The van der Waals surface area contributed by atoms with Crippen LogP contribution >= 0.6 is 0 Å². The Morgan fingerprint density at radius 2 is 1.74 bits per heavy atom. The van der Waals surface area contributed by atoms with Crippen LogP contribution in [0.25, 0.3) is 10.8 Å². The van der Waals surface area contributed by atoms with Crippen molar-refractivity contribution in [2.45, 2.75) is 20.0 Å². The molecule has 27 heavy (non-hydrogen) atoms. The van der Waals surface area contributed by atoms with E-state index in [-0.39, 0.29) is 10.6 Å². The minimum absolute atomic E-state index is 0.0779. The average molecular weight is 361 g/mol. The first-order valence-electron chi connectivity index (χ1n) is 8.95. The number of hydrogen-bond donors (Lipinski definition) is 0. The lowest BCUT2D eigenvalue weighted by molar-refractivity contribution is -0.386. The number of fused-ring (bicyclic) bond motifs is 1. The molecule has 6 heteroatoms. The monoisotopic (exact) mass is 361 g/mol. The van der Waals surface area contributed by atoms with Crippen molar-refractivity contribution in [1.29, 1.82) is 0 Å². The fraction of sp³-hybridized carbons (Fsp3) is 0.238. The van der Waals surface area contributed by atoms with E-state index in [0.717, 1.165) is 16.2 Å². The van der Waals surface area contributed by atoms with Crippen LogP contribution in [0.4, 0.5) is 5.69 Å². The van der Waals surface area contributed by atoms with E-state index in [2.05, 4.69) is 0 Å². The summed E-state index contributed by atoms with van der Waals surface area (Å²) in [5.41, 5.74) is 1.20. The van der Waals surface area contributed by atoms with Crippen LogP contribution in [0.3, 0.4) is 0 Å². The molecule has 0 aliphatic carbocycles. The highest BCUT2D eigenvalue weighted by molar-refractivity contribution is 6.64. The molecule has 1 aliphatic rings. The van der Waals surface area contributed by atoms with Crippen molar-refractivity contribution in [3.8, 4) is 0 Å². The Kier molecular flexibility index (Phi) is 4.46. The molecular weight excluding hydrogens is 341 g/mol. The van der Waals surface area contributed by atoms with Crippen molar-refractivity contribution in [1.82, 2.24) is 0 Å².